The average molecular weight is 409 g/mol. The molecule has 0 bridgehead atoms. The van der Waals surface area contributed by atoms with Crippen molar-refractivity contribution in [3.05, 3.63) is 114 Å². The molecule has 0 saturated heterocycles. The Bertz CT molecular complexity index is 1150. The molecule has 5 nitrogen and oxygen atoms in total. The van der Waals surface area contributed by atoms with Crippen LogP contribution < -0.4 is 5.32 Å². The summed E-state index contributed by atoms with van der Waals surface area (Å²) in [6.45, 7) is 2.61. The van der Waals surface area contributed by atoms with E-state index in [2.05, 4.69) is 22.4 Å². The van der Waals surface area contributed by atoms with Crippen LogP contribution in [0.25, 0.3) is 17.3 Å². The summed E-state index contributed by atoms with van der Waals surface area (Å²) < 4.78 is 1.91. The van der Waals surface area contributed by atoms with Gasteiger partial charge < -0.3 is 5.32 Å². The Labute approximate surface area is 182 Å². The van der Waals surface area contributed by atoms with E-state index in [-0.39, 0.29) is 11.9 Å². The minimum absolute atomic E-state index is 0.125. The molecule has 0 aliphatic rings. The van der Waals surface area contributed by atoms with E-state index in [1.165, 1.54) is 5.56 Å². The van der Waals surface area contributed by atoms with Crippen molar-refractivity contribution in [3.8, 4) is 11.3 Å². The van der Waals surface area contributed by atoms with E-state index in [0.717, 1.165) is 22.4 Å². The summed E-state index contributed by atoms with van der Waals surface area (Å²) in [6.07, 6.45) is 8.83. The lowest BCUT2D eigenvalue weighted by Crippen LogP contribution is -2.24. The van der Waals surface area contributed by atoms with Crippen LogP contribution in [0.3, 0.4) is 0 Å². The Balaban J connectivity index is 1.55. The van der Waals surface area contributed by atoms with Gasteiger partial charge in [-0.2, -0.15) is 5.10 Å². The third-order valence-corrected chi connectivity index (χ3v) is 4.98. The van der Waals surface area contributed by atoms with Crippen molar-refractivity contribution < 1.29 is 4.79 Å². The molecule has 0 radical (unpaired) electrons. The standard InChI is InChI=1S/C26H24N4O/c1-20(23-13-8-16-27-17-23)28-25(31)15-14-24-19-30(18-21-9-4-2-5-10-21)29-26(24)22-11-6-3-7-12-22/h2-17,19-20H,18H2,1H3,(H,28,31)/b15-14+. The molecule has 2 aromatic heterocycles. The van der Waals surface area contributed by atoms with Crippen LogP contribution in [0, 0.1) is 0 Å². The van der Waals surface area contributed by atoms with Gasteiger partial charge >= 0.3 is 0 Å². The number of nitrogens with zero attached hydrogens (tertiary/aromatic N) is 3. The predicted molar refractivity (Wildman–Crippen MR) is 123 cm³/mol. The molecule has 0 aliphatic carbocycles. The highest BCUT2D eigenvalue weighted by Crippen LogP contribution is 2.23. The molecule has 4 rings (SSSR count). The van der Waals surface area contributed by atoms with Crippen LogP contribution in [-0.2, 0) is 11.3 Å². The molecule has 5 heteroatoms. The van der Waals surface area contributed by atoms with Gasteiger partial charge in [-0.15, -0.1) is 0 Å². The molecule has 1 N–H and O–H groups in total. The predicted octanol–water partition coefficient (Wildman–Crippen LogP) is 4.88. The molecule has 0 spiro atoms. The van der Waals surface area contributed by atoms with Crippen molar-refractivity contribution in [1.29, 1.82) is 0 Å². The maximum Gasteiger partial charge on any atom is 0.244 e. The summed E-state index contributed by atoms with van der Waals surface area (Å²) in [5, 5.41) is 7.77. The fourth-order valence-electron chi connectivity index (χ4n) is 3.37. The second-order valence-corrected chi connectivity index (χ2v) is 7.33. The molecule has 2 heterocycles. The third kappa shape index (κ3) is 5.34. The van der Waals surface area contributed by atoms with Crippen LogP contribution in [0.5, 0.6) is 0 Å². The second-order valence-electron chi connectivity index (χ2n) is 7.33. The van der Waals surface area contributed by atoms with E-state index in [9.17, 15) is 4.79 Å². The van der Waals surface area contributed by atoms with Crippen molar-refractivity contribution in [2.45, 2.75) is 19.5 Å². The van der Waals surface area contributed by atoms with Gasteiger partial charge in [0.15, 0.2) is 0 Å². The smallest absolute Gasteiger partial charge is 0.244 e. The SMILES string of the molecule is CC(NC(=O)/C=C/c1cn(Cc2ccccc2)nc1-c1ccccc1)c1cccnc1. The second kappa shape index (κ2) is 9.67. The molecule has 1 amide bonds. The fourth-order valence-corrected chi connectivity index (χ4v) is 3.37. The first kappa shape index (κ1) is 20.3. The van der Waals surface area contributed by atoms with Gasteiger partial charge in [0.2, 0.25) is 5.91 Å². The Morgan fingerprint density at radius 3 is 2.48 bits per heavy atom. The number of aromatic nitrogens is 3. The maximum atomic E-state index is 12.5. The highest BCUT2D eigenvalue weighted by molar-refractivity contribution is 5.93. The van der Waals surface area contributed by atoms with E-state index >= 15 is 0 Å². The number of carbonyl (C=O) groups excluding carboxylic acids is 1. The molecule has 2 aromatic carbocycles. The summed E-state index contributed by atoms with van der Waals surface area (Å²) in [4.78, 5) is 16.6. The minimum atomic E-state index is -0.161. The number of nitrogens with one attached hydrogen (secondary N) is 1. The first-order valence-electron chi connectivity index (χ1n) is 10.2. The van der Waals surface area contributed by atoms with Gasteiger partial charge in [0, 0.05) is 35.8 Å². The Kier molecular flexibility index (Phi) is 6.33. The minimum Gasteiger partial charge on any atom is -0.346 e. The van der Waals surface area contributed by atoms with E-state index < -0.39 is 0 Å². The number of rotatable bonds is 7. The third-order valence-electron chi connectivity index (χ3n) is 4.98. The number of hydrogen-bond acceptors (Lipinski definition) is 3. The van der Waals surface area contributed by atoms with Crippen molar-refractivity contribution >= 4 is 12.0 Å². The molecule has 31 heavy (non-hydrogen) atoms. The van der Waals surface area contributed by atoms with Gasteiger partial charge in [-0.25, -0.2) is 0 Å². The summed E-state index contributed by atoms with van der Waals surface area (Å²) in [6, 6.07) is 23.9. The van der Waals surface area contributed by atoms with Crippen molar-refractivity contribution in [2.75, 3.05) is 0 Å². The molecule has 0 fully saturated rings. The summed E-state index contributed by atoms with van der Waals surface area (Å²) in [5.41, 5.74) is 4.89. The zero-order valence-corrected chi connectivity index (χ0v) is 17.3. The van der Waals surface area contributed by atoms with Crippen LogP contribution in [0.4, 0.5) is 0 Å². The fraction of sp³-hybridized carbons (Fsp3) is 0.115. The Morgan fingerprint density at radius 1 is 1.03 bits per heavy atom. The van der Waals surface area contributed by atoms with Gasteiger partial charge in [0.25, 0.3) is 0 Å². The average Bonchev–Trinajstić information content (AvgIpc) is 3.22. The quantitative estimate of drug-likeness (QED) is 0.443. The highest BCUT2D eigenvalue weighted by Gasteiger charge is 2.11. The summed E-state index contributed by atoms with van der Waals surface area (Å²) in [5.74, 6) is -0.161. The topological polar surface area (TPSA) is 59.8 Å². The van der Waals surface area contributed by atoms with Crippen LogP contribution in [0.1, 0.15) is 29.7 Å². The summed E-state index contributed by atoms with van der Waals surface area (Å²) in [7, 11) is 0. The van der Waals surface area contributed by atoms with Gasteiger partial charge in [-0.3, -0.25) is 14.5 Å². The molecule has 4 aromatic rings. The van der Waals surface area contributed by atoms with Crippen LogP contribution in [0.2, 0.25) is 0 Å². The van der Waals surface area contributed by atoms with Crippen LogP contribution in [-0.4, -0.2) is 20.7 Å². The monoisotopic (exact) mass is 408 g/mol. The molecule has 1 atom stereocenters. The lowest BCUT2D eigenvalue weighted by Gasteiger charge is -2.11. The van der Waals surface area contributed by atoms with E-state index in [4.69, 9.17) is 5.10 Å². The van der Waals surface area contributed by atoms with Gasteiger partial charge in [0.05, 0.1) is 18.3 Å². The first-order chi connectivity index (χ1) is 15.2. The normalized spacial score (nSPS) is 12.0. The molecular weight excluding hydrogens is 384 g/mol. The molecule has 154 valence electrons. The lowest BCUT2D eigenvalue weighted by atomic mass is 10.1. The van der Waals surface area contributed by atoms with Crippen LogP contribution >= 0.6 is 0 Å². The maximum absolute atomic E-state index is 12.5. The zero-order chi connectivity index (χ0) is 21.5. The Morgan fingerprint density at radius 2 is 1.77 bits per heavy atom. The summed E-state index contributed by atoms with van der Waals surface area (Å²) >= 11 is 0. The van der Waals surface area contributed by atoms with Gasteiger partial charge in [0.1, 0.15) is 0 Å². The van der Waals surface area contributed by atoms with Crippen LogP contribution in [0.15, 0.2) is 97.5 Å². The van der Waals surface area contributed by atoms with Crippen molar-refractivity contribution in [1.82, 2.24) is 20.1 Å². The molecule has 0 aliphatic heterocycles. The van der Waals surface area contributed by atoms with Crippen molar-refractivity contribution in [2.24, 2.45) is 0 Å². The van der Waals surface area contributed by atoms with E-state index in [0.29, 0.717) is 6.54 Å². The molecular formula is C26H24N4O. The first-order valence-corrected chi connectivity index (χ1v) is 10.2. The number of carbonyl (C=O) groups is 1. The Hall–Kier alpha value is -3.99. The van der Waals surface area contributed by atoms with Crippen molar-refractivity contribution in [3.63, 3.8) is 0 Å². The van der Waals surface area contributed by atoms with E-state index in [1.807, 2.05) is 84.5 Å². The largest absolute Gasteiger partial charge is 0.346 e. The number of benzene rings is 2. The van der Waals surface area contributed by atoms with Gasteiger partial charge in [-0.1, -0.05) is 66.7 Å². The number of amides is 1. The van der Waals surface area contributed by atoms with E-state index in [1.54, 1.807) is 18.5 Å². The number of hydrogen-bond donors (Lipinski definition) is 1. The molecule has 0 saturated carbocycles. The molecule has 1 unspecified atom stereocenters. The lowest BCUT2D eigenvalue weighted by molar-refractivity contribution is -0.117. The number of pyridine rings is 1. The highest BCUT2D eigenvalue weighted by atomic mass is 16.1. The van der Waals surface area contributed by atoms with Gasteiger partial charge in [-0.05, 0) is 30.2 Å². The zero-order valence-electron chi connectivity index (χ0n) is 17.3.